The predicted molar refractivity (Wildman–Crippen MR) is 77.2 cm³/mol. The Kier molecular flexibility index (Phi) is 4.39. The van der Waals surface area contributed by atoms with Crippen molar-refractivity contribution in [2.45, 2.75) is 19.4 Å². The number of aryl methyl sites for hydroxylation is 3. The van der Waals surface area contributed by atoms with E-state index in [-0.39, 0.29) is 5.75 Å². The largest absolute Gasteiger partial charge is 0.508 e. The Hall–Kier alpha value is -1.89. The Morgan fingerprint density at radius 1 is 1.30 bits per heavy atom. The minimum atomic E-state index is -2.47. The molecule has 0 saturated carbocycles. The maximum atomic E-state index is 11.3. The van der Waals surface area contributed by atoms with Gasteiger partial charge in [0.15, 0.2) is 0 Å². The lowest BCUT2D eigenvalue weighted by atomic mass is 10.1. The van der Waals surface area contributed by atoms with Crippen molar-refractivity contribution >= 4 is 9.73 Å². The fourth-order valence-electron chi connectivity index (χ4n) is 1.77. The number of phenolic OH excluding ortho intramolecular Hbond substituents is 1. The topological polar surface area (TPSA) is 91.9 Å². The third kappa shape index (κ3) is 4.65. The Morgan fingerprint density at radius 2 is 2.00 bits per heavy atom. The van der Waals surface area contributed by atoms with Gasteiger partial charge in [-0.05, 0) is 24.1 Å². The van der Waals surface area contributed by atoms with Gasteiger partial charge in [-0.15, -0.1) is 5.10 Å². The molecular formula is C13H18N4O2S. The number of benzene rings is 1. The first kappa shape index (κ1) is 14.5. The molecule has 7 heteroatoms. The zero-order chi connectivity index (χ0) is 14.6. The van der Waals surface area contributed by atoms with Crippen molar-refractivity contribution in [3.63, 3.8) is 0 Å². The third-order valence-corrected chi connectivity index (χ3v) is 3.88. The summed E-state index contributed by atoms with van der Waals surface area (Å²) in [7, 11) is -2.47. The second kappa shape index (κ2) is 6.04. The van der Waals surface area contributed by atoms with Crippen LogP contribution in [0.2, 0.25) is 0 Å². The SMILES string of the molecule is CS(=N)(=O)CCc1cn(CCc2ccc(O)cc2)nn1. The zero-order valence-electron chi connectivity index (χ0n) is 11.3. The minimum absolute atomic E-state index is 0.260. The van der Waals surface area contributed by atoms with Crippen molar-refractivity contribution in [2.75, 3.05) is 12.0 Å². The number of aromatic nitrogens is 3. The first-order chi connectivity index (χ1) is 9.42. The van der Waals surface area contributed by atoms with E-state index >= 15 is 0 Å². The van der Waals surface area contributed by atoms with Gasteiger partial charge in [0, 0.05) is 40.9 Å². The van der Waals surface area contributed by atoms with Crippen LogP contribution in [-0.4, -0.2) is 36.3 Å². The first-order valence-corrected chi connectivity index (χ1v) is 8.44. The van der Waals surface area contributed by atoms with E-state index in [0.717, 1.165) is 17.7 Å². The van der Waals surface area contributed by atoms with Gasteiger partial charge in [-0.2, -0.15) is 0 Å². The van der Waals surface area contributed by atoms with E-state index in [1.165, 1.54) is 6.26 Å². The van der Waals surface area contributed by atoms with Gasteiger partial charge in [0.05, 0.1) is 5.69 Å². The van der Waals surface area contributed by atoms with Crippen LogP contribution in [0.25, 0.3) is 0 Å². The molecular weight excluding hydrogens is 276 g/mol. The van der Waals surface area contributed by atoms with Gasteiger partial charge >= 0.3 is 0 Å². The molecule has 0 fully saturated rings. The molecule has 108 valence electrons. The minimum Gasteiger partial charge on any atom is -0.508 e. The summed E-state index contributed by atoms with van der Waals surface area (Å²) in [6.45, 7) is 0.695. The molecule has 0 aliphatic rings. The predicted octanol–water partition coefficient (Wildman–Crippen LogP) is 1.45. The fourth-order valence-corrected chi connectivity index (χ4v) is 2.37. The number of hydrogen-bond donors (Lipinski definition) is 2. The summed E-state index contributed by atoms with van der Waals surface area (Å²) < 4.78 is 20.4. The second-order valence-corrected chi connectivity index (χ2v) is 7.27. The van der Waals surface area contributed by atoms with Crippen molar-refractivity contribution in [1.82, 2.24) is 15.0 Å². The van der Waals surface area contributed by atoms with Crippen LogP contribution in [0.4, 0.5) is 0 Å². The van der Waals surface area contributed by atoms with E-state index < -0.39 is 9.73 Å². The lowest BCUT2D eigenvalue weighted by molar-refractivity contribution is 0.475. The van der Waals surface area contributed by atoms with Crippen molar-refractivity contribution in [3.05, 3.63) is 41.7 Å². The summed E-state index contributed by atoms with van der Waals surface area (Å²) >= 11 is 0. The maximum Gasteiger partial charge on any atom is 0.115 e. The highest BCUT2D eigenvalue weighted by Gasteiger charge is 2.04. The highest BCUT2D eigenvalue weighted by atomic mass is 32.2. The molecule has 1 aromatic heterocycles. The van der Waals surface area contributed by atoms with Gasteiger partial charge in [-0.1, -0.05) is 17.3 Å². The maximum absolute atomic E-state index is 11.3. The van der Waals surface area contributed by atoms with E-state index in [1.807, 2.05) is 18.3 Å². The average Bonchev–Trinajstić information content (AvgIpc) is 2.83. The summed E-state index contributed by atoms with van der Waals surface area (Å²) in [5, 5.41) is 17.2. The molecule has 6 nitrogen and oxygen atoms in total. The van der Waals surface area contributed by atoms with Crippen LogP contribution in [0.5, 0.6) is 5.75 Å². The van der Waals surface area contributed by atoms with Gasteiger partial charge in [-0.3, -0.25) is 13.7 Å². The Morgan fingerprint density at radius 3 is 2.65 bits per heavy atom. The fraction of sp³-hybridized carbons (Fsp3) is 0.385. The van der Waals surface area contributed by atoms with Crippen molar-refractivity contribution in [3.8, 4) is 5.75 Å². The van der Waals surface area contributed by atoms with E-state index in [2.05, 4.69) is 10.3 Å². The molecule has 0 saturated heterocycles. The normalized spacial score (nSPS) is 14.1. The lowest BCUT2D eigenvalue weighted by Crippen LogP contribution is -2.04. The molecule has 0 radical (unpaired) electrons. The Balaban J connectivity index is 1.88. The monoisotopic (exact) mass is 294 g/mol. The quantitative estimate of drug-likeness (QED) is 0.843. The molecule has 1 aromatic carbocycles. The second-order valence-electron chi connectivity index (χ2n) is 4.85. The highest BCUT2D eigenvalue weighted by Crippen LogP contribution is 2.10. The molecule has 1 heterocycles. The molecule has 0 aliphatic heterocycles. The van der Waals surface area contributed by atoms with E-state index in [9.17, 15) is 9.32 Å². The van der Waals surface area contributed by atoms with Crippen molar-refractivity contribution < 1.29 is 9.32 Å². The van der Waals surface area contributed by atoms with E-state index in [0.29, 0.717) is 18.7 Å². The molecule has 0 spiro atoms. The summed E-state index contributed by atoms with van der Waals surface area (Å²) in [5.41, 5.74) is 1.88. The summed E-state index contributed by atoms with van der Waals surface area (Å²) in [5.74, 6) is 0.569. The van der Waals surface area contributed by atoms with E-state index in [1.54, 1.807) is 16.8 Å². The summed E-state index contributed by atoms with van der Waals surface area (Å²) in [4.78, 5) is 0. The van der Waals surface area contributed by atoms with Crippen LogP contribution >= 0.6 is 0 Å². The van der Waals surface area contributed by atoms with Gasteiger partial charge in [0.2, 0.25) is 0 Å². The first-order valence-electron chi connectivity index (χ1n) is 6.31. The highest BCUT2D eigenvalue weighted by molar-refractivity contribution is 7.91. The van der Waals surface area contributed by atoms with Gasteiger partial charge < -0.3 is 5.11 Å². The number of nitrogens with one attached hydrogen (secondary N) is 1. The smallest absolute Gasteiger partial charge is 0.115 e. The van der Waals surface area contributed by atoms with Crippen LogP contribution < -0.4 is 0 Å². The third-order valence-electron chi connectivity index (χ3n) is 2.90. The lowest BCUT2D eigenvalue weighted by Gasteiger charge is -2.01. The zero-order valence-corrected chi connectivity index (χ0v) is 12.1. The number of nitrogens with zero attached hydrogens (tertiary/aromatic N) is 3. The molecule has 0 amide bonds. The van der Waals surface area contributed by atoms with Gasteiger partial charge in [0.25, 0.3) is 0 Å². The molecule has 1 unspecified atom stereocenters. The molecule has 2 N–H and O–H groups in total. The molecule has 0 aliphatic carbocycles. The standard InChI is InChI=1S/C13H18N4O2S/c1-20(14,19)9-7-12-10-17(16-15-12)8-6-11-2-4-13(18)5-3-11/h2-5,10,14,18H,6-9H2,1H3. The number of aromatic hydroxyl groups is 1. The summed E-state index contributed by atoms with van der Waals surface area (Å²) in [6, 6.07) is 7.07. The van der Waals surface area contributed by atoms with Crippen LogP contribution in [0.15, 0.2) is 30.5 Å². The Labute approximate surface area is 118 Å². The van der Waals surface area contributed by atoms with Crippen LogP contribution in [0.3, 0.4) is 0 Å². The molecule has 1 atom stereocenters. The van der Waals surface area contributed by atoms with Crippen LogP contribution in [-0.2, 0) is 29.1 Å². The summed E-state index contributed by atoms with van der Waals surface area (Å²) in [6.07, 6.45) is 4.57. The molecule has 2 rings (SSSR count). The van der Waals surface area contributed by atoms with Crippen molar-refractivity contribution in [2.24, 2.45) is 0 Å². The number of hydrogen-bond acceptors (Lipinski definition) is 5. The molecule has 0 bridgehead atoms. The number of phenols is 1. The average molecular weight is 294 g/mol. The Bertz CT molecular complexity index is 662. The van der Waals surface area contributed by atoms with Crippen LogP contribution in [0, 0.1) is 4.78 Å². The van der Waals surface area contributed by atoms with E-state index in [4.69, 9.17) is 4.78 Å². The molecule has 20 heavy (non-hydrogen) atoms. The van der Waals surface area contributed by atoms with Gasteiger partial charge in [0.1, 0.15) is 5.75 Å². The van der Waals surface area contributed by atoms with Crippen LogP contribution in [0.1, 0.15) is 11.3 Å². The molecule has 2 aromatic rings. The van der Waals surface area contributed by atoms with Gasteiger partial charge in [-0.25, -0.2) is 0 Å². The van der Waals surface area contributed by atoms with Crippen molar-refractivity contribution in [1.29, 1.82) is 4.78 Å². The number of rotatable bonds is 6.